The molecule has 0 aliphatic heterocycles. The van der Waals surface area contributed by atoms with Crippen LogP contribution in [0.1, 0.15) is 5.56 Å². The average Bonchev–Trinajstić information content (AvgIpc) is 2.24. The van der Waals surface area contributed by atoms with Crippen LogP contribution in [0, 0.1) is 6.92 Å². The first-order valence-electron chi connectivity index (χ1n) is 5.12. The maximum absolute atomic E-state index is 12.5. The van der Waals surface area contributed by atoms with E-state index in [0.717, 1.165) is 6.07 Å². The zero-order chi connectivity index (χ0) is 17.6. The highest BCUT2D eigenvalue weighted by Crippen LogP contribution is 2.38. The molecule has 0 aromatic heterocycles. The van der Waals surface area contributed by atoms with Gasteiger partial charge in [-0.15, -0.1) is 3.71 Å². The maximum Gasteiger partial charge on any atom is 0.517 e. The number of sulfonamides is 2. The molecule has 5 nitrogen and oxygen atoms in total. The Balaban J connectivity index is 3.78. The summed E-state index contributed by atoms with van der Waals surface area (Å²) in [4.78, 5) is 0. The fraction of sp³-hybridized carbons (Fsp3) is 0.333. The molecule has 0 aliphatic rings. The fourth-order valence-electron chi connectivity index (χ4n) is 1.34. The van der Waals surface area contributed by atoms with Gasteiger partial charge in [-0.1, -0.05) is 12.1 Å². The van der Waals surface area contributed by atoms with Crippen molar-refractivity contribution < 1.29 is 43.2 Å². The second-order valence-corrected chi connectivity index (χ2v) is 7.73. The Kier molecular flexibility index (Phi) is 4.46. The summed E-state index contributed by atoms with van der Waals surface area (Å²) in [5.74, 6) is 0. The molecule has 0 amide bonds. The van der Waals surface area contributed by atoms with Crippen LogP contribution in [0.4, 0.5) is 32.0 Å². The van der Waals surface area contributed by atoms with Crippen LogP contribution >= 0.6 is 0 Å². The molecule has 0 aliphatic carbocycles. The Labute approximate surface area is 121 Å². The second kappa shape index (κ2) is 5.30. The van der Waals surface area contributed by atoms with E-state index in [4.69, 9.17) is 0 Å². The number of benzene rings is 1. The SMILES string of the molecule is Cc1cccc(N(S(=O)(=O)C(F)(F)F)S(=O)(=O)C(F)(F)F)c1. The van der Waals surface area contributed by atoms with Gasteiger partial charge in [-0.3, -0.25) is 0 Å². The number of aryl methyl sites for hydroxylation is 1. The molecule has 126 valence electrons. The number of alkyl halides is 6. The molecule has 0 atom stereocenters. The van der Waals surface area contributed by atoms with Gasteiger partial charge in [0.2, 0.25) is 0 Å². The summed E-state index contributed by atoms with van der Waals surface area (Å²) in [5.41, 5.74) is -13.7. The molecule has 0 saturated carbocycles. The van der Waals surface area contributed by atoms with Gasteiger partial charge in [0.05, 0.1) is 5.69 Å². The molecule has 0 heterocycles. The first-order valence-corrected chi connectivity index (χ1v) is 8.00. The van der Waals surface area contributed by atoms with Crippen molar-refractivity contribution in [2.45, 2.75) is 17.9 Å². The van der Waals surface area contributed by atoms with Crippen LogP contribution in [0.15, 0.2) is 24.3 Å². The van der Waals surface area contributed by atoms with Crippen molar-refractivity contribution in [3.63, 3.8) is 0 Å². The predicted molar refractivity (Wildman–Crippen MR) is 63.6 cm³/mol. The first kappa shape index (κ1) is 18.5. The summed E-state index contributed by atoms with van der Waals surface area (Å²) in [7, 11) is -13.6. The van der Waals surface area contributed by atoms with Crippen LogP contribution in [-0.4, -0.2) is 27.9 Å². The lowest BCUT2D eigenvalue weighted by atomic mass is 10.2. The lowest BCUT2D eigenvalue weighted by molar-refractivity contribution is -0.0462. The molecule has 0 spiro atoms. The zero-order valence-electron chi connectivity index (χ0n) is 10.5. The van der Waals surface area contributed by atoms with E-state index < -0.39 is 40.5 Å². The standard InChI is InChI=1S/C9H7F6NO4S2/c1-6-3-2-4-7(5-6)16(21(17,18)8(10,11)12)22(19,20)9(13,14)15/h2-5H,1H3. The number of hydrogen-bond acceptors (Lipinski definition) is 4. The van der Waals surface area contributed by atoms with E-state index in [1.54, 1.807) is 0 Å². The van der Waals surface area contributed by atoms with Crippen molar-refractivity contribution in [1.29, 1.82) is 0 Å². The smallest absolute Gasteiger partial charge is 0.196 e. The Morgan fingerprint density at radius 3 is 1.59 bits per heavy atom. The van der Waals surface area contributed by atoms with E-state index in [0.29, 0.717) is 12.1 Å². The third kappa shape index (κ3) is 3.14. The predicted octanol–water partition coefficient (Wildman–Crippen LogP) is 2.50. The Morgan fingerprint density at radius 1 is 0.864 bits per heavy atom. The minimum absolute atomic E-state index is 0.0530. The van der Waals surface area contributed by atoms with Crippen molar-refractivity contribution >= 4 is 25.7 Å². The molecule has 0 fully saturated rings. The Hall–Kier alpha value is -1.50. The zero-order valence-corrected chi connectivity index (χ0v) is 12.1. The van der Waals surface area contributed by atoms with Gasteiger partial charge < -0.3 is 0 Å². The summed E-state index contributed by atoms with van der Waals surface area (Å²) in [6.07, 6.45) is 0. The number of anilines is 1. The van der Waals surface area contributed by atoms with E-state index >= 15 is 0 Å². The molecule has 0 saturated heterocycles. The molecule has 0 bridgehead atoms. The summed E-state index contributed by atoms with van der Waals surface area (Å²) >= 11 is 0. The number of rotatable bonds is 3. The summed E-state index contributed by atoms with van der Waals surface area (Å²) < 4.78 is 119. The van der Waals surface area contributed by atoms with Crippen LogP contribution in [0.5, 0.6) is 0 Å². The molecule has 22 heavy (non-hydrogen) atoms. The van der Waals surface area contributed by atoms with Crippen molar-refractivity contribution in [2.24, 2.45) is 0 Å². The monoisotopic (exact) mass is 371 g/mol. The van der Waals surface area contributed by atoms with Gasteiger partial charge in [-0.05, 0) is 24.6 Å². The van der Waals surface area contributed by atoms with Crippen LogP contribution in [-0.2, 0) is 20.0 Å². The Morgan fingerprint density at radius 2 is 1.27 bits per heavy atom. The van der Waals surface area contributed by atoms with Crippen molar-refractivity contribution in [1.82, 2.24) is 0 Å². The maximum atomic E-state index is 12.5. The number of nitrogens with zero attached hydrogens (tertiary/aromatic N) is 1. The first-order chi connectivity index (χ1) is 9.62. The van der Waals surface area contributed by atoms with E-state index in [-0.39, 0.29) is 5.56 Å². The molecule has 1 rings (SSSR count). The van der Waals surface area contributed by atoms with E-state index in [9.17, 15) is 43.2 Å². The van der Waals surface area contributed by atoms with Crippen molar-refractivity contribution in [3.05, 3.63) is 29.8 Å². The molecule has 0 radical (unpaired) electrons. The summed E-state index contributed by atoms with van der Waals surface area (Å²) in [5, 5.41) is 0. The van der Waals surface area contributed by atoms with Crippen LogP contribution < -0.4 is 3.71 Å². The normalized spacial score (nSPS) is 14.0. The van der Waals surface area contributed by atoms with Crippen LogP contribution in [0.3, 0.4) is 0 Å². The highest BCUT2D eigenvalue weighted by Gasteiger charge is 2.61. The third-order valence-corrected chi connectivity index (χ3v) is 5.88. The van der Waals surface area contributed by atoms with Gasteiger partial charge in [0.1, 0.15) is 0 Å². The fourth-order valence-corrected chi connectivity index (χ4v) is 4.04. The summed E-state index contributed by atoms with van der Waals surface area (Å²) in [6, 6.07) is 3.20. The van der Waals surface area contributed by atoms with Gasteiger partial charge in [-0.25, -0.2) is 0 Å². The average molecular weight is 371 g/mol. The topological polar surface area (TPSA) is 71.5 Å². The minimum Gasteiger partial charge on any atom is -0.196 e. The molecule has 1 aromatic rings. The Bertz CT molecular complexity index is 722. The van der Waals surface area contributed by atoms with E-state index in [1.807, 2.05) is 0 Å². The van der Waals surface area contributed by atoms with Gasteiger partial charge in [0.15, 0.2) is 0 Å². The van der Waals surface area contributed by atoms with E-state index in [2.05, 4.69) is 0 Å². The molecule has 1 aromatic carbocycles. The quantitative estimate of drug-likeness (QED) is 0.766. The van der Waals surface area contributed by atoms with Crippen molar-refractivity contribution in [2.75, 3.05) is 3.71 Å². The van der Waals surface area contributed by atoms with E-state index in [1.165, 1.54) is 13.0 Å². The second-order valence-electron chi connectivity index (χ2n) is 3.94. The lowest BCUT2D eigenvalue weighted by Crippen LogP contribution is -2.49. The highest BCUT2D eigenvalue weighted by molar-refractivity contribution is 8.11. The highest BCUT2D eigenvalue weighted by atomic mass is 32.3. The molecule has 13 heteroatoms. The van der Waals surface area contributed by atoms with Gasteiger partial charge >= 0.3 is 31.1 Å². The van der Waals surface area contributed by atoms with Crippen LogP contribution in [0.2, 0.25) is 0 Å². The molecule has 0 N–H and O–H groups in total. The third-order valence-electron chi connectivity index (χ3n) is 2.23. The largest absolute Gasteiger partial charge is 0.517 e. The van der Waals surface area contributed by atoms with Crippen molar-refractivity contribution in [3.8, 4) is 0 Å². The number of halogens is 6. The van der Waals surface area contributed by atoms with Gasteiger partial charge in [-0.2, -0.15) is 43.2 Å². The number of hydrogen-bond donors (Lipinski definition) is 0. The minimum atomic E-state index is -6.82. The molecular weight excluding hydrogens is 364 g/mol. The van der Waals surface area contributed by atoms with Crippen LogP contribution in [0.25, 0.3) is 0 Å². The molecule has 0 unspecified atom stereocenters. The van der Waals surface area contributed by atoms with Gasteiger partial charge in [0.25, 0.3) is 0 Å². The summed E-state index contributed by atoms with van der Waals surface area (Å²) in [6.45, 7) is 1.22. The lowest BCUT2D eigenvalue weighted by Gasteiger charge is -2.25. The molecular formula is C9H7F6NO4S2. The van der Waals surface area contributed by atoms with Gasteiger partial charge in [0, 0.05) is 0 Å².